The smallest absolute Gasteiger partial charge is 0.421 e. The van der Waals surface area contributed by atoms with Crippen molar-refractivity contribution in [1.29, 1.82) is 5.26 Å². The number of nitriles is 1. The van der Waals surface area contributed by atoms with Crippen LogP contribution in [0.3, 0.4) is 0 Å². The second-order valence-corrected chi connectivity index (χ2v) is 10.7. The van der Waals surface area contributed by atoms with Crippen molar-refractivity contribution in [1.82, 2.24) is 19.4 Å². The van der Waals surface area contributed by atoms with E-state index in [1.54, 1.807) is 6.07 Å². The van der Waals surface area contributed by atoms with E-state index >= 15 is 4.39 Å². The number of hydrogen-bond donors (Lipinski definition) is 0. The lowest BCUT2D eigenvalue weighted by atomic mass is 10.0. The van der Waals surface area contributed by atoms with Crippen LogP contribution in [0.1, 0.15) is 40.2 Å². The highest BCUT2D eigenvalue weighted by molar-refractivity contribution is 6.30. The summed E-state index contributed by atoms with van der Waals surface area (Å²) in [6, 6.07) is 9.76. The molecule has 4 aromatic rings. The van der Waals surface area contributed by atoms with E-state index < -0.39 is 35.9 Å². The van der Waals surface area contributed by atoms with Crippen LogP contribution in [0.5, 0.6) is 5.88 Å². The van der Waals surface area contributed by atoms with E-state index in [2.05, 4.69) is 9.97 Å². The topological polar surface area (TPSA) is 76.2 Å². The molecule has 2 aliphatic rings. The molecule has 2 aliphatic heterocycles. The highest BCUT2D eigenvalue weighted by Gasteiger charge is 2.37. The van der Waals surface area contributed by atoms with Crippen molar-refractivity contribution in [3.8, 4) is 11.9 Å². The Morgan fingerprint density at radius 1 is 1.14 bits per heavy atom. The van der Waals surface area contributed by atoms with Gasteiger partial charge in [0.1, 0.15) is 35.4 Å². The minimum absolute atomic E-state index is 0.0369. The van der Waals surface area contributed by atoms with Crippen molar-refractivity contribution < 1.29 is 31.4 Å². The molecule has 4 heterocycles. The van der Waals surface area contributed by atoms with E-state index in [4.69, 9.17) is 21.1 Å². The Hall–Kier alpha value is -3.79. The summed E-state index contributed by atoms with van der Waals surface area (Å²) in [4.78, 5) is 10.7. The summed E-state index contributed by atoms with van der Waals surface area (Å²) in [5.74, 6) is -1.50. The molecule has 13 heteroatoms. The Morgan fingerprint density at radius 2 is 1.95 bits per heavy atom. The Balaban J connectivity index is 1.28. The van der Waals surface area contributed by atoms with Crippen molar-refractivity contribution in [2.75, 3.05) is 13.2 Å². The third-order valence-corrected chi connectivity index (χ3v) is 7.75. The quantitative estimate of drug-likeness (QED) is 0.235. The highest BCUT2D eigenvalue weighted by Crippen LogP contribution is 2.38. The van der Waals surface area contributed by atoms with Crippen LogP contribution in [0, 0.1) is 23.0 Å². The van der Waals surface area contributed by atoms with Gasteiger partial charge in [-0.05, 0) is 48.7 Å². The number of halogens is 6. The predicted molar refractivity (Wildman–Crippen MR) is 142 cm³/mol. The van der Waals surface area contributed by atoms with E-state index in [-0.39, 0.29) is 47.3 Å². The summed E-state index contributed by atoms with van der Waals surface area (Å²) >= 11 is 5.77. The first-order chi connectivity index (χ1) is 20.1. The number of hydrogen-bond acceptors (Lipinski definition) is 6. The molecule has 218 valence electrons. The first-order valence-electron chi connectivity index (χ1n) is 13.2. The average molecular weight is 604 g/mol. The van der Waals surface area contributed by atoms with Crippen LogP contribution in [-0.4, -0.2) is 38.7 Å². The van der Waals surface area contributed by atoms with Crippen LogP contribution < -0.4 is 4.74 Å². The van der Waals surface area contributed by atoms with Gasteiger partial charge in [0.25, 0.3) is 0 Å². The fourth-order valence-corrected chi connectivity index (χ4v) is 5.34. The summed E-state index contributed by atoms with van der Waals surface area (Å²) in [6.07, 6.45) is -3.64. The first kappa shape index (κ1) is 28.3. The van der Waals surface area contributed by atoms with Crippen LogP contribution in [0.2, 0.25) is 5.02 Å². The van der Waals surface area contributed by atoms with Crippen LogP contribution in [-0.2, 0) is 43.6 Å². The number of nitrogens with zero attached hydrogens (tertiary/aromatic N) is 5. The number of aromatic nitrogens is 3. The second kappa shape index (κ2) is 11.1. The zero-order chi connectivity index (χ0) is 29.6. The third kappa shape index (κ3) is 5.52. The number of imidazole rings is 1. The molecule has 0 amide bonds. The summed E-state index contributed by atoms with van der Waals surface area (Å²) in [5, 5.41) is 9.41. The van der Waals surface area contributed by atoms with Crippen molar-refractivity contribution in [2.45, 2.75) is 51.4 Å². The Bertz CT molecular complexity index is 1710. The summed E-state index contributed by atoms with van der Waals surface area (Å²) in [7, 11) is 0. The molecule has 0 bridgehead atoms. The van der Waals surface area contributed by atoms with Crippen LogP contribution in [0.4, 0.5) is 22.0 Å². The number of pyridine rings is 1. The summed E-state index contributed by atoms with van der Waals surface area (Å²) < 4.78 is 83.9. The molecule has 1 atom stereocenters. The lowest BCUT2D eigenvalue weighted by Gasteiger charge is -2.30. The lowest BCUT2D eigenvalue weighted by Crippen LogP contribution is -2.34. The first-order valence-corrected chi connectivity index (χ1v) is 13.6. The molecule has 2 aromatic carbocycles. The molecule has 0 saturated carbocycles. The molecular weight excluding hydrogens is 581 g/mol. The van der Waals surface area contributed by atoms with E-state index in [1.807, 2.05) is 15.5 Å². The standard InChI is InChI=1S/C29H23ClF5N5O2/c30-19-3-1-18(22(31)10-19)15-42-28-21(29(33,34)35)9-16-5-7-39(13-23(16)37-28)14-25-38-27-24(4-2-17(11-36)26(27)32)40(25)12-20-6-8-41-20/h1-4,9-10,20H,5-8,12-15H2/t20-/m0/s1. The van der Waals surface area contributed by atoms with Crippen LogP contribution in [0.15, 0.2) is 36.4 Å². The van der Waals surface area contributed by atoms with Crippen LogP contribution in [0.25, 0.3) is 11.0 Å². The van der Waals surface area contributed by atoms with Gasteiger partial charge in [0, 0.05) is 30.3 Å². The zero-order valence-electron chi connectivity index (χ0n) is 22.0. The van der Waals surface area contributed by atoms with Crippen LogP contribution >= 0.6 is 11.6 Å². The Kier molecular flexibility index (Phi) is 7.51. The molecule has 1 fully saturated rings. The summed E-state index contributed by atoms with van der Waals surface area (Å²) in [6.45, 7) is 1.49. The molecule has 0 unspecified atom stereocenters. The van der Waals surface area contributed by atoms with Gasteiger partial charge in [-0.25, -0.2) is 18.7 Å². The normalized spacial score (nSPS) is 17.1. The van der Waals surface area contributed by atoms with E-state index in [9.17, 15) is 22.8 Å². The molecule has 7 nitrogen and oxygen atoms in total. The largest absolute Gasteiger partial charge is 0.472 e. The number of ether oxygens (including phenoxy) is 2. The maximum atomic E-state index is 15.0. The monoisotopic (exact) mass is 603 g/mol. The highest BCUT2D eigenvalue weighted by atomic mass is 35.5. The molecule has 0 radical (unpaired) electrons. The molecule has 42 heavy (non-hydrogen) atoms. The molecular formula is C29H23ClF5N5O2. The Labute approximate surface area is 242 Å². The SMILES string of the molecule is N#Cc1ccc2c(nc(CN3CCc4cc(C(F)(F)F)c(OCc5ccc(Cl)cc5F)nc4C3)n2C[C@@H]2CCO2)c1F. The third-order valence-electron chi connectivity index (χ3n) is 7.51. The maximum absolute atomic E-state index is 15.0. The number of rotatable bonds is 7. The van der Waals surface area contributed by atoms with Gasteiger partial charge in [0.05, 0.1) is 36.0 Å². The minimum Gasteiger partial charge on any atom is -0.472 e. The average Bonchev–Trinajstić information content (AvgIpc) is 3.26. The van der Waals surface area contributed by atoms with Gasteiger partial charge in [-0.15, -0.1) is 0 Å². The molecule has 1 saturated heterocycles. The van der Waals surface area contributed by atoms with E-state index in [0.717, 1.165) is 18.6 Å². The van der Waals surface area contributed by atoms with E-state index in [0.29, 0.717) is 42.3 Å². The Morgan fingerprint density at radius 3 is 2.64 bits per heavy atom. The van der Waals surface area contributed by atoms with Crippen molar-refractivity contribution in [2.24, 2.45) is 0 Å². The number of alkyl halides is 3. The summed E-state index contributed by atoms with van der Waals surface area (Å²) in [5.41, 5.74) is 0.339. The van der Waals surface area contributed by atoms with Gasteiger partial charge < -0.3 is 14.0 Å². The van der Waals surface area contributed by atoms with Gasteiger partial charge >= 0.3 is 6.18 Å². The maximum Gasteiger partial charge on any atom is 0.421 e. The van der Waals surface area contributed by atoms with Gasteiger partial charge in [0.2, 0.25) is 5.88 Å². The molecule has 6 rings (SSSR count). The van der Waals surface area contributed by atoms with Gasteiger partial charge in [0.15, 0.2) is 5.82 Å². The number of benzene rings is 2. The molecule has 2 aromatic heterocycles. The minimum atomic E-state index is -4.73. The second-order valence-electron chi connectivity index (χ2n) is 10.3. The fraction of sp³-hybridized carbons (Fsp3) is 0.345. The van der Waals surface area contributed by atoms with E-state index in [1.165, 1.54) is 18.2 Å². The van der Waals surface area contributed by atoms with Crippen molar-refractivity contribution in [3.05, 3.63) is 86.8 Å². The lowest BCUT2D eigenvalue weighted by molar-refractivity contribution is -0.139. The fourth-order valence-electron chi connectivity index (χ4n) is 5.18. The zero-order valence-corrected chi connectivity index (χ0v) is 22.8. The molecule has 0 aliphatic carbocycles. The number of fused-ring (bicyclic) bond motifs is 2. The molecule has 0 spiro atoms. The van der Waals surface area contributed by atoms with Crippen molar-refractivity contribution in [3.63, 3.8) is 0 Å². The van der Waals surface area contributed by atoms with Gasteiger partial charge in [-0.2, -0.15) is 18.4 Å². The predicted octanol–water partition coefficient (Wildman–Crippen LogP) is 6.18. The van der Waals surface area contributed by atoms with Gasteiger partial charge in [-0.1, -0.05) is 17.7 Å². The van der Waals surface area contributed by atoms with Gasteiger partial charge in [-0.3, -0.25) is 4.90 Å². The molecule has 0 N–H and O–H groups in total. The van der Waals surface area contributed by atoms with Crippen molar-refractivity contribution >= 4 is 22.6 Å².